The Bertz CT molecular complexity index is 1130. The van der Waals surface area contributed by atoms with Crippen molar-refractivity contribution in [3.05, 3.63) is 71.3 Å². The lowest BCUT2D eigenvalue weighted by molar-refractivity contribution is -0.154. The lowest BCUT2D eigenvalue weighted by Gasteiger charge is -2.31. The smallest absolute Gasteiger partial charge is 0.416 e. The Hall–Kier alpha value is -3.25. The van der Waals surface area contributed by atoms with Crippen molar-refractivity contribution in [1.29, 1.82) is 0 Å². The van der Waals surface area contributed by atoms with Gasteiger partial charge < -0.3 is 25.7 Å². The number of hydrogen-bond acceptors (Lipinski definition) is 5. The van der Waals surface area contributed by atoms with Gasteiger partial charge in [0.05, 0.1) is 17.5 Å². The van der Waals surface area contributed by atoms with Crippen molar-refractivity contribution < 1.29 is 37.8 Å². The van der Waals surface area contributed by atoms with Crippen LogP contribution in [0.1, 0.15) is 30.5 Å². The number of aliphatic carboxylic acids is 1. The van der Waals surface area contributed by atoms with Crippen molar-refractivity contribution in [1.82, 2.24) is 15.5 Å². The average Bonchev–Trinajstić information content (AvgIpc) is 3.16. The van der Waals surface area contributed by atoms with E-state index in [9.17, 15) is 37.8 Å². The minimum atomic E-state index is -4.53. The zero-order valence-electron chi connectivity index (χ0n) is 20.2. The van der Waals surface area contributed by atoms with Crippen LogP contribution in [0, 0.1) is 0 Å². The minimum absolute atomic E-state index is 0.0485. The van der Waals surface area contributed by atoms with Gasteiger partial charge in [0, 0.05) is 11.3 Å². The highest BCUT2D eigenvalue weighted by Crippen LogP contribution is 2.39. The third-order valence-corrected chi connectivity index (χ3v) is 7.39. The molecule has 0 aromatic heterocycles. The summed E-state index contributed by atoms with van der Waals surface area (Å²) in [5, 5.41) is 25.6. The first-order valence-corrected chi connectivity index (χ1v) is 12.4. The van der Waals surface area contributed by atoms with Crippen LogP contribution in [0.2, 0.25) is 0 Å². The molecule has 0 saturated carbocycles. The van der Waals surface area contributed by atoms with Crippen LogP contribution in [-0.4, -0.2) is 61.8 Å². The summed E-state index contributed by atoms with van der Waals surface area (Å²) in [4.78, 5) is 38.8. The monoisotopic (exact) mass is 539 g/mol. The molecule has 3 amide bonds. The molecule has 1 heterocycles. The van der Waals surface area contributed by atoms with Gasteiger partial charge in [-0.3, -0.25) is 4.79 Å². The summed E-state index contributed by atoms with van der Waals surface area (Å²) in [7, 11) is 0. The van der Waals surface area contributed by atoms with Crippen LogP contribution in [0.5, 0.6) is 0 Å². The first kappa shape index (κ1) is 28.3. The SMILES string of the molecule is CC1(C)SCN(C(=O)[C@@H](O)[C@H](Cc2ccccc2)NC(=O)NCc2cccc(C(F)(F)F)c2)[C@@H]1C(=O)O. The van der Waals surface area contributed by atoms with E-state index in [2.05, 4.69) is 10.6 Å². The third kappa shape index (κ3) is 7.16. The zero-order chi connectivity index (χ0) is 27.4. The summed E-state index contributed by atoms with van der Waals surface area (Å²) in [6.45, 7) is 3.16. The molecule has 0 aliphatic carbocycles. The van der Waals surface area contributed by atoms with E-state index in [0.717, 1.165) is 17.0 Å². The van der Waals surface area contributed by atoms with E-state index in [1.807, 2.05) is 0 Å². The Labute approximate surface area is 216 Å². The molecule has 1 saturated heterocycles. The molecule has 0 spiro atoms. The highest BCUT2D eigenvalue weighted by molar-refractivity contribution is 8.00. The van der Waals surface area contributed by atoms with Crippen LogP contribution < -0.4 is 10.6 Å². The Balaban J connectivity index is 1.74. The van der Waals surface area contributed by atoms with E-state index in [1.54, 1.807) is 44.2 Å². The van der Waals surface area contributed by atoms with E-state index in [1.165, 1.54) is 23.9 Å². The van der Waals surface area contributed by atoms with E-state index in [-0.39, 0.29) is 24.4 Å². The molecule has 200 valence electrons. The summed E-state index contributed by atoms with van der Waals surface area (Å²) >= 11 is 1.26. The fraction of sp³-hybridized carbons (Fsp3) is 0.400. The second-order valence-corrected chi connectivity index (χ2v) is 10.8. The Kier molecular flexibility index (Phi) is 8.75. The van der Waals surface area contributed by atoms with E-state index in [4.69, 9.17) is 0 Å². The van der Waals surface area contributed by atoms with Crippen molar-refractivity contribution in [3.63, 3.8) is 0 Å². The normalized spacial score (nSPS) is 18.6. The molecule has 2 aromatic carbocycles. The number of carboxylic acid groups (broad SMARTS) is 1. The van der Waals surface area contributed by atoms with Gasteiger partial charge in [0.25, 0.3) is 5.91 Å². The lowest BCUT2D eigenvalue weighted by atomic mass is 9.98. The largest absolute Gasteiger partial charge is 0.480 e. The lowest BCUT2D eigenvalue weighted by Crippen LogP contribution is -2.57. The number of alkyl halides is 3. The van der Waals surface area contributed by atoms with Crippen molar-refractivity contribution in [2.24, 2.45) is 0 Å². The fourth-order valence-corrected chi connectivity index (χ4v) is 5.23. The van der Waals surface area contributed by atoms with Crippen molar-refractivity contribution >= 4 is 29.7 Å². The summed E-state index contributed by atoms with van der Waals surface area (Å²) in [6.07, 6.45) is -6.25. The van der Waals surface area contributed by atoms with Gasteiger partial charge in [0.15, 0.2) is 6.10 Å². The molecule has 12 heteroatoms. The van der Waals surface area contributed by atoms with E-state index < -0.39 is 52.6 Å². The number of nitrogens with zero attached hydrogens (tertiary/aromatic N) is 1. The molecule has 4 N–H and O–H groups in total. The maximum Gasteiger partial charge on any atom is 0.416 e. The van der Waals surface area contributed by atoms with Gasteiger partial charge in [-0.25, -0.2) is 9.59 Å². The van der Waals surface area contributed by atoms with Gasteiger partial charge >= 0.3 is 18.2 Å². The Morgan fingerprint density at radius 2 is 1.76 bits per heavy atom. The Morgan fingerprint density at radius 1 is 1.11 bits per heavy atom. The number of carbonyl (C=O) groups is 3. The molecule has 37 heavy (non-hydrogen) atoms. The van der Waals surface area contributed by atoms with Crippen LogP contribution in [0.15, 0.2) is 54.6 Å². The van der Waals surface area contributed by atoms with Gasteiger partial charge in [0.1, 0.15) is 6.04 Å². The van der Waals surface area contributed by atoms with E-state index in [0.29, 0.717) is 5.56 Å². The second kappa shape index (κ2) is 11.4. The molecule has 3 rings (SSSR count). The first-order valence-electron chi connectivity index (χ1n) is 11.4. The second-order valence-electron chi connectivity index (χ2n) is 9.19. The molecule has 1 aliphatic heterocycles. The highest BCUT2D eigenvalue weighted by atomic mass is 32.2. The van der Waals surface area contributed by atoms with Gasteiger partial charge in [-0.2, -0.15) is 13.2 Å². The summed E-state index contributed by atoms with van der Waals surface area (Å²) in [5.41, 5.74) is 0.0554. The molecule has 3 atom stereocenters. The molecule has 2 aromatic rings. The van der Waals surface area contributed by atoms with E-state index >= 15 is 0 Å². The van der Waals surface area contributed by atoms with Crippen molar-refractivity contribution in [2.45, 2.75) is 55.9 Å². The van der Waals surface area contributed by atoms with Crippen LogP contribution in [0.25, 0.3) is 0 Å². The number of urea groups is 1. The quantitative estimate of drug-likeness (QED) is 0.409. The van der Waals surface area contributed by atoms with Gasteiger partial charge in [-0.05, 0) is 43.5 Å². The van der Waals surface area contributed by atoms with Crippen molar-refractivity contribution in [2.75, 3.05) is 5.88 Å². The number of halogens is 3. The number of rotatable bonds is 8. The molecule has 0 bridgehead atoms. The van der Waals surface area contributed by atoms with Gasteiger partial charge in [-0.1, -0.05) is 42.5 Å². The highest BCUT2D eigenvalue weighted by Gasteiger charge is 2.50. The maximum absolute atomic E-state index is 13.2. The number of carboxylic acids is 1. The summed E-state index contributed by atoms with van der Waals surface area (Å²) in [5.74, 6) is -1.99. The fourth-order valence-electron chi connectivity index (χ4n) is 4.10. The first-order chi connectivity index (χ1) is 17.3. The summed E-state index contributed by atoms with van der Waals surface area (Å²) in [6, 6.07) is 10.1. The number of hydrogen-bond donors (Lipinski definition) is 4. The third-order valence-electron chi connectivity index (χ3n) is 6.02. The number of amides is 3. The topological polar surface area (TPSA) is 119 Å². The zero-order valence-corrected chi connectivity index (χ0v) is 21.0. The summed E-state index contributed by atoms with van der Waals surface area (Å²) < 4.78 is 38.1. The molecular formula is C25H28F3N3O5S. The van der Waals surface area contributed by atoms with Crippen LogP contribution >= 0.6 is 11.8 Å². The molecule has 8 nitrogen and oxygen atoms in total. The standard InChI is InChI=1S/C25H28F3N3O5S/c1-24(2)20(22(34)35)31(14-37-24)21(33)19(32)18(12-15-7-4-3-5-8-15)30-23(36)29-13-16-9-6-10-17(11-16)25(26,27)28/h3-11,18-20,32H,12-14H2,1-2H3,(H,34,35)(H2,29,30,36)/t18-,19-,20+/m0/s1. The van der Waals surface area contributed by atoms with Gasteiger partial charge in [-0.15, -0.1) is 11.8 Å². The van der Waals surface area contributed by atoms with Crippen LogP contribution in [0.4, 0.5) is 18.0 Å². The maximum atomic E-state index is 13.2. The number of benzene rings is 2. The van der Waals surface area contributed by atoms with Crippen LogP contribution in [-0.2, 0) is 28.7 Å². The Morgan fingerprint density at radius 3 is 2.38 bits per heavy atom. The minimum Gasteiger partial charge on any atom is -0.480 e. The predicted octanol–water partition coefficient (Wildman–Crippen LogP) is 3.24. The van der Waals surface area contributed by atoms with Crippen LogP contribution in [0.3, 0.4) is 0 Å². The molecule has 0 unspecified atom stereocenters. The molecule has 0 radical (unpaired) electrons. The molecule has 1 aliphatic rings. The number of carbonyl (C=O) groups excluding carboxylic acids is 2. The van der Waals surface area contributed by atoms with Gasteiger partial charge in [0.2, 0.25) is 0 Å². The van der Waals surface area contributed by atoms with Crippen molar-refractivity contribution in [3.8, 4) is 0 Å². The predicted molar refractivity (Wildman–Crippen MR) is 132 cm³/mol. The number of aliphatic hydroxyl groups is 1. The number of thioether (sulfide) groups is 1. The average molecular weight is 540 g/mol. The molecule has 1 fully saturated rings. The molecular weight excluding hydrogens is 511 g/mol. The number of aliphatic hydroxyl groups excluding tert-OH is 1. The number of nitrogens with one attached hydrogen (secondary N) is 2.